The third kappa shape index (κ3) is 6.35. The van der Waals surface area contributed by atoms with Crippen LogP contribution in [0.2, 0.25) is 5.02 Å². The highest BCUT2D eigenvalue weighted by molar-refractivity contribution is 8.00. The van der Waals surface area contributed by atoms with Gasteiger partial charge in [-0.05, 0) is 42.0 Å². The van der Waals surface area contributed by atoms with Gasteiger partial charge in [0.2, 0.25) is 11.8 Å². The van der Waals surface area contributed by atoms with Gasteiger partial charge in [-0.3, -0.25) is 19.5 Å². The second kappa shape index (κ2) is 12.7. The van der Waals surface area contributed by atoms with Gasteiger partial charge in [0.05, 0.1) is 53.9 Å². The summed E-state index contributed by atoms with van der Waals surface area (Å²) in [7, 11) is 3.19. The molecule has 1 aliphatic rings. The number of para-hydroxylation sites is 1. The van der Waals surface area contributed by atoms with Gasteiger partial charge in [-0.2, -0.15) is 5.10 Å². The molecule has 0 saturated carbocycles. The molecular formula is C32H34ClN5O4S. The molecule has 0 bridgehead atoms. The summed E-state index contributed by atoms with van der Waals surface area (Å²) in [5, 5.41) is 8.18. The first-order valence-corrected chi connectivity index (χ1v) is 15.2. The number of thioether (sulfide) groups is 1. The molecule has 0 radical (unpaired) electrons. The van der Waals surface area contributed by atoms with E-state index >= 15 is 0 Å². The summed E-state index contributed by atoms with van der Waals surface area (Å²) in [5.74, 6) is 1.32. The van der Waals surface area contributed by atoms with Crippen LogP contribution in [-0.4, -0.2) is 53.1 Å². The average Bonchev–Trinajstić information content (AvgIpc) is 3.33. The zero-order valence-corrected chi connectivity index (χ0v) is 26.3. The molecule has 11 heteroatoms. The molecule has 1 atom stereocenters. The number of anilines is 1. The Morgan fingerprint density at radius 2 is 1.81 bits per heavy atom. The Bertz CT molecular complexity index is 1640. The highest BCUT2D eigenvalue weighted by atomic mass is 35.5. The number of aromatic nitrogens is 3. The lowest BCUT2D eigenvalue weighted by molar-refractivity contribution is -0.123. The molecule has 2 aromatic heterocycles. The van der Waals surface area contributed by atoms with Crippen molar-refractivity contribution in [3.05, 3.63) is 94.4 Å². The lowest BCUT2D eigenvalue weighted by Crippen LogP contribution is -2.42. The zero-order valence-electron chi connectivity index (χ0n) is 24.8. The van der Waals surface area contributed by atoms with Crippen molar-refractivity contribution in [2.45, 2.75) is 38.0 Å². The number of pyridine rings is 1. The molecule has 1 aliphatic heterocycles. The fraction of sp³-hybridized carbons (Fsp3) is 0.312. The van der Waals surface area contributed by atoms with Crippen LogP contribution in [0.1, 0.15) is 48.5 Å². The molecule has 0 aliphatic carbocycles. The highest BCUT2D eigenvalue weighted by Gasteiger charge is 2.40. The number of rotatable bonds is 8. The minimum atomic E-state index is -0.410. The first-order valence-electron chi connectivity index (χ1n) is 13.8. The Morgan fingerprint density at radius 1 is 1.07 bits per heavy atom. The third-order valence-corrected chi connectivity index (χ3v) is 8.66. The normalized spacial score (nSPS) is 15.1. The van der Waals surface area contributed by atoms with Gasteiger partial charge in [-0.25, -0.2) is 4.68 Å². The summed E-state index contributed by atoms with van der Waals surface area (Å²) in [5.41, 5.74) is 3.48. The van der Waals surface area contributed by atoms with Crippen LogP contribution in [0.25, 0.3) is 5.69 Å². The molecule has 1 N–H and O–H groups in total. The van der Waals surface area contributed by atoms with Crippen LogP contribution in [0.15, 0.2) is 66.9 Å². The van der Waals surface area contributed by atoms with E-state index in [2.05, 4.69) is 31.1 Å². The number of fused-ring (bicyclic) bond motifs is 1. The molecule has 0 fully saturated rings. The summed E-state index contributed by atoms with van der Waals surface area (Å²) in [6, 6.07) is 18.6. The molecule has 5 rings (SSSR count). The van der Waals surface area contributed by atoms with E-state index in [1.54, 1.807) is 31.2 Å². The maximum atomic E-state index is 13.9. The molecule has 43 heavy (non-hydrogen) atoms. The van der Waals surface area contributed by atoms with Gasteiger partial charge in [0.15, 0.2) is 11.5 Å². The van der Waals surface area contributed by atoms with Crippen LogP contribution in [-0.2, 0) is 21.5 Å². The molecular weight excluding hydrogens is 586 g/mol. The lowest BCUT2D eigenvalue weighted by Gasteiger charge is -2.25. The molecule has 3 heterocycles. The maximum Gasteiger partial charge on any atom is 0.240 e. The molecule has 4 aromatic rings. The third-order valence-electron chi connectivity index (χ3n) is 7.08. The number of carbonyl (C=O) groups excluding carboxylic acids is 2. The van der Waals surface area contributed by atoms with Crippen molar-refractivity contribution in [1.29, 1.82) is 0 Å². The lowest BCUT2D eigenvalue weighted by atomic mass is 9.87. The number of benzene rings is 2. The van der Waals surface area contributed by atoms with E-state index in [4.69, 9.17) is 26.2 Å². The smallest absolute Gasteiger partial charge is 0.240 e. The number of carbonyl (C=O) groups is 2. The number of methoxy groups -OCH3 is 2. The average molecular weight is 620 g/mol. The zero-order chi connectivity index (χ0) is 30.7. The summed E-state index contributed by atoms with van der Waals surface area (Å²) < 4.78 is 12.8. The van der Waals surface area contributed by atoms with E-state index in [1.165, 1.54) is 16.7 Å². The molecule has 2 amide bonds. The summed E-state index contributed by atoms with van der Waals surface area (Å²) >= 11 is 8.20. The van der Waals surface area contributed by atoms with Crippen molar-refractivity contribution in [3.8, 4) is 17.2 Å². The highest BCUT2D eigenvalue weighted by Crippen LogP contribution is 2.49. The van der Waals surface area contributed by atoms with Crippen LogP contribution < -0.4 is 19.7 Å². The Labute approximate surface area is 260 Å². The van der Waals surface area contributed by atoms with E-state index in [0.717, 1.165) is 22.5 Å². The molecule has 2 aromatic carbocycles. The van der Waals surface area contributed by atoms with Crippen molar-refractivity contribution in [2.24, 2.45) is 0 Å². The second-order valence-corrected chi connectivity index (χ2v) is 12.6. The van der Waals surface area contributed by atoms with Crippen molar-refractivity contribution >= 4 is 41.0 Å². The fourth-order valence-corrected chi connectivity index (χ4v) is 6.44. The largest absolute Gasteiger partial charge is 0.493 e. The van der Waals surface area contributed by atoms with Gasteiger partial charge in [-0.1, -0.05) is 56.6 Å². The van der Waals surface area contributed by atoms with Crippen LogP contribution in [0, 0.1) is 0 Å². The van der Waals surface area contributed by atoms with E-state index in [9.17, 15) is 9.59 Å². The summed E-state index contributed by atoms with van der Waals surface area (Å²) in [4.78, 5) is 33.1. The Kier molecular flexibility index (Phi) is 8.98. The van der Waals surface area contributed by atoms with Crippen LogP contribution in [0.5, 0.6) is 11.5 Å². The van der Waals surface area contributed by atoms with E-state index < -0.39 is 5.41 Å². The minimum Gasteiger partial charge on any atom is -0.493 e. The van der Waals surface area contributed by atoms with Crippen LogP contribution >= 0.6 is 23.4 Å². The maximum absolute atomic E-state index is 13.9. The SMILES string of the molecule is COc1ccc([C@@H]2SCC(=O)N(CC(=O)NCc3ccccn3)c3c2c(C(C)(C)C)nn3-c2ccccc2Cl)cc1OC. The number of halogens is 1. The van der Waals surface area contributed by atoms with Gasteiger partial charge in [0.1, 0.15) is 12.4 Å². The van der Waals surface area contributed by atoms with Gasteiger partial charge in [0, 0.05) is 17.2 Å². The van der Waals surface area contributed by atoms with E-state index in [1.807, 2.05) is 54.6 Å². The number of amides is 2. The Morgan fingerprint density at radius 3 is 2.49 bits per heavy atom. The van der Waals surface area contributed by atoms with Crippen molar-refractivity contribution < 1.29 is 19.1 Å². The van der Waals surface area contributed by atoms with Crippen molar-refractivity contribution in [3.63, 3.8) is 0 Å². The molecule has 224 valence electrons. The molecule has 0 saturated heterocycles. The number of hydrogen-bond acceptors (Lipinski definition) is 7. The van der Waals surface area contributed by atoms with Crippen LogP contribution in [0.3, 0.4) is 0 Å². The number of ether oxygens (including phenoxy) is 2. The second-order valence-electron chi connectivity index (χ2n) is 11.1. The van der Waals surface area contributed by atoms with Crippen LogP contribution in [0.4, 0.5) is 5.82 Å². The summed E-state index contributed by atoms with van der Waals surface area (Å²) in [6.07, 6.45) is 1.67. The summed E-state index contributed by atoms with van der Waals surface area (Å²) in [6.45, 7) is 6.30. The number of nitrogens with zero attached hydrogens (tertiary/aromatic N) is 4. The first kappa shape index (κ1) is 30.4. The fourth-order valence-electron chi connectivity index (χ4n) is 5.04. The number of hydrogen-bond donors (Lipinski definition) is 1. The molecule has 0 unspecified atom stereocenters. The number of nitrogens with one attached hydrogen (secondary N) is 1. The van der Waals surface area contributed by atoms with Crippen molar-refractivity contribution in [1.82, 2.24) is 20.1 Å². The Balaban J connectivity index is 1.68. The predicted octanol–water partition coefficient (Wildman–Crippen LogP) is 5.72. The minimum absolute atomic E-state index is 0.146. The van der Waals surface area contributed by atoms with Crippen molar-refractivity contribution in [2.75, 3.05) is 31.4 Å². The standard InChI is InChI=1S/C32H34ClN5O4S/c1-32(2,3)30-28-29(20-13-14-24(41-4)25(16-20)42-5)43-19-27(40)37(18-26(39)35-17-21-10-8-9-15-34-21)31(28)38(36-30)23-12-7-6-11-22(23)33/h6-16,29H,17-19H2,1-5H3,(H,35,39)/t29-/m0/s1. The first-order chi connectivity index (χ1) is 20.6. The molecule has 0 spiro atoms. The monoisotopic (exact) mass is 619 g/mol. The van der Waals surface area contributed by atoms with Gasteiger partial charge in [-0.15, -0.1) is 11.8 Å². The van der Waals surface area contributed by atoms with Gasteiger partial charge < -0.3 is 14.8 Å². The quantitative estimate of drug-likeness (QED) is 0.269. The molecule has 9 nitrogen and oxygen atoms in total. The Hall–Kier alpha value is -4.02. The van der Waals surface area contributed by atoms with E-state index in [0.29, 0.717) is 28.0 Å². The van der Waals surface area contributed by atoms with Gasteiger partial charge >= 0.3 is 0 Å². The van der Waals surface area contributed by atoms with Gasteiger partial charge in [0.25, 0.3) is 0 Å². The predicted molar refractivity (Wildman–Crippen MR) is 170 cm³/mol. The topological polar surface area (TPSA) is 98.6 Å². The van der Waals surface area contributed by atoms with E-state index in [-0.39, 0.29) is 35.9 Å².